The van der Waals surface area contributed by atoms with E-state index in [4.69, 9.17) is 10.5 Å². The molecule has 3 aromatic rings. The van der Waals surface area contributed by atoms with Gasteiger partial charge >= 0.3 is 0 Å². The van der Waals surface area contributed by atoms with Gasteiger partial charge < -0.3 is 25.8 Å². The van der Waals surface area contributed by atoms with Gasteiger partial charge in [-0.1, -0.05) is 28.1 Å². The smallest absolute Gasteiger partial charge is 0.228 e. The van der Waals surface area contributed by atoms with Gasteiger partial charge in [-0.15, -0.1) is 0 Å². The Morgan fingerprint density at radius 2 is 2.00 bits per heavy atom. The number of nitrogens with zero attached hydrogens (tertiary/aromatic N) is 5. The number of anilines is 2. The second kappa shape index (κ2) is 8.00. The van der Waals surface area contributed by atoms with E-state index in [1.54, 1.807) is 6.21 Å². The summed E-state index contributed by atoms with van der Waals surface area (Å²) in [7, 11) is 0. The van der Waals surface area contributed by atoms with E-state index in [0.29, 0.717) is 0 Å². The van der Waals surface area contributed by atoms with Crippen molar-refractivity contribution in [2.45, 2.75) is 24.5 Å². The fourth-order valence-corrected chi connectivity index (χ4v) is 3.32. The van der Waals surface area contributed by atoms with Gasteiger partial charge in [-0.05, 0) is 17.7 Å². The molecule has 1 aliphatic rings. The van der Waals surface area contributed by atoms with Gasteiger partial charge in [0.25, 0.3) is 0 Å². The molecule has 2 aromatic heterocycles. The van der Waals surface area contributed by atoms with Crippen LogP contribution in [0.2, 0.25) is 0 Å². The molecule has 12 heteroatoms. The molecule has 1 aromatic carbocycles. The highest BCUT2D eigenvalue weighted by atomic mass is 79.9. The third-order valence-corrected chi connectivity index (χ3v) is 5.05. The normalized spacial score (nSPS) is 24.6. The molecule has 6 N–H and O–H groups in total. The fraction of sp³-hybridized carbons (Fsp3) is 0.294. The van der Waals surface area contributed by atoms with E-state index < -0.39 is 31.1 Å². The van der Waals surface area contributed by atoms with Gasteiger partial charge in [-0.2, -0.15) is 5.10 Å². The number of halogens is 1. The number of nitrogens with one attached hydrogen (secondary N) is 1. The lowest BCUT2D eigenvalue weighted by atomic mass is 10.1. The minimum absolute atomic E-state index is 0.139. The number of aliphatic hydroxyl groups excluding tert-OH is 3. The van der Waals surface area contributed by atoms with Gasteiger partial charge in [0.1, 0.15) is 24.6 Å². The summed E-state index contributed by atoms with van der Waals surface area (Å²) in [5.41, 5.74) is 10.1. The number of nitrogen functional groups attached to an aromatic ring is 1. The molecule has 0 aliphatic carbocycles. The van der Waals surface area contributed by atoms with Crippen molar-refractivity contribution < 1.29 is 20.1 Å². The van der Waals surface area contributed by atoms with Crippen LogP contribution in [0.4, 0.5) is 11.8 Å². The summed E-state index contributed by atoms with van der Waals surface area (Å²) in [6.07, 6.45) is -1.77. The Bertz CT molecular complexity index is 1040. The standard InChI is InChI=1S/C17H18BrN7O4/c18-9-3-1-8(2-4-9)5-22-24-17-23-11-14(19)20-7-21-15(11)25(17)16-13(28)12(27)10(6-26)29-16/h1-5,7,10,12-13,16,26-28H,6H2,(H,23,24)(H2,19,20,21)/b22-5-/t10-,12+,13+,16+/m0/s1. The predicted molar refractivity (Wildman–Crippen MR) is 108 cm³/mol. The molecule has 0 bridgehead atoms. The van der Waals surface area contributed by atoms with Crippen LogP contribution in [0.3, 0.4) is 0 Å². The van der Waals surface area contributed by atoms with E-state index in [0.717, 1.165) is 10.0 Å². The summed E-state index contributed by atoms with van der Waals surface area (Å²) in [5, 5.41) is 34.1. The molecule has 4 rings (SSSR count). The van der Waals surface area contributed by atoms with Crippen molar-refractivity contribution in [3.05, 3.63) is 40.6 Å². The van der Waals surface area contributed by atoms with Crippen LogP contribution in [0, 0.1) is 0 Å². The number of aliphatic hydroxyl groups is 3. The number of benzene rings is 1. The summed E-state index contributed by atoms with van der Waals surface area (Å²) in [4.78, 5) is 12.4. The molecule has 0 amide bonds. The van der Waals surface area contributed by atoms with Crippen LogP contribution in [-0.4, -0.2) is 66.0 Å². The zero-order chi connectivity index (χ0) is 20.5. The van der Waals surface area contributed by atoms with Crippen molar-refractivity contribution in [1.29, 1.82) is 0 Å². The minimum Gasteiger partial charge on any atom is -0.394 e. The Morgan fingerprint density at radius 1 is 1.24 bits per heavy atom. The number of ether oxygens (including phenoxy) is 1. The first-order chi connectivity index (χ1) is 14.0. The van der Waals surface area contributed by atoms with Crippen LogP contribution in [0.5, 0.6) is 0 Å². The molecule has 1 saturated heterocycles. The molecule has 11 nitrogen and oxygen atoms in total. The molecular formula is C17H18BrN7O4. The summed E-state index contributed by atoms with van der Waals surface area (Å²) >= 11 is 3.37. The second-order valence-electron chi connectivity index (χ2n) is 6.39. The van der Waals surface area contributed by atoms with Crippen molar-refractivity contribution in [3.63, 3.8) is 0 Å². The first-order valence-electron chi connectivity index (χ1n) is 8.65. The number of rotatable bonds is 5. The lowest BCUT2D eigenvalue weighted by Gasteiger charge is -2.18. The summed E-state index contributed by atoms with van der Waals surface area (Å²) in [6.45, 7) is -0.455. The number of nitrogens with two attached hydrogens (primary N) is 1. The van der Waals surface area contributed by atoms with E-state index in [9.17, 15) is 15.3 Å². The highest BCUT2D eigenvalue weighted by molar-refractivity contribution is 9.10. The largest absolute Gasteiger partial charge is 0.394 e. The maximum atomic E-state index is 10.4. The van der Waals surface area contributed by atoms with Crippen molar-refractivity contribution >= 4 is 45.1 Å². The van der Waals surface area contributed by atoms with Crippen LogP contribution >= 0.6 is 15.9 Å². The lowest BCUT2D eigenvalue weighted by Crippen LogP contribution is -2.33. The summed E-state index contributed by atoms with van der Waals surface area (Å²) in [5.74, 6) is 0.316. The van der Waals surface area contributed by atoms with Gasteiger partial charge in [-0.25, -0.2) is 20.4 Å². The molecule has 4 atom stereocenters. The molecule has 0 spiro atoms. The summed E-state index contributed by atoms with van der Waals surface area (Å²) < 4.78 is 7.99. The van der Waals surface area contributed by atoms with Gasteiger partial charge in [0.05, 0.1) is 12.8 Å². The average molecular weight is 464 g/mol. The molecule has 0 saturated carbocycles. The van der Waals surface area contributed by atoms with Crippen molar-refractivity contribution in [2.24, 2.45) is 5.10 Å². The number of hydrogen-bond acceptors (Lipinski definition) is 10. The molecule has 3 heterocycles. The van der Waals surface area contributed by atoms with Crippen LogP contribution in [0.25, 0.3) is 11.2 Å². The van der Waals surface area contributed by atoms with E-state index in [1.807, 2.05) is 24.3 Å². The van der Waals surface area contributed by atoms with E-state index in [-0.39, 0.29) is 22.9 Å². The van der Waals surface area contributed by atoms with E-state index in [1.165, 1.54) is 10.9 Å². The summed E-state index contributed by atoms with van der Waals surface area (Å²) in [6, 6.07) is 7.50. The van der Waals surface area contributed by atoms with Crippen LogP contribution in [-0.2, 0) is 4.74 Å². The zero-order valence-corrected chi connectivity index (χ0v) is 16.5. The topological polar surface area (TPSA) is 164 Å². The third-order valence-electron chi connectivity index (χ3n) is 4.53. The minimum atomic E-state index is -1.32. The van der Waals surface area contributed by atoms with Gasteiger partial charge in [0.15, 0.2) is 23.2 Å². The molecule has 152 valence electrons. The maximum Gasteiger partial charge on any atom is 0.228 e. The number of hydrogen-bond donors (Lipinski definition) is 5. The highest BCUT2D eigenvalue weighted by Gasteiger charge is 2.45. The number of aromatic nitrogens is 4. The van der Waals surface area contributed by atoms with Gasteiger partial charge in [-0.3, -0.25) is 4.57 Å². The monoisotopic (exact) mass is 463 g/mol. The molecule has 29 heavy (non-hydrogen) atoms. The van der Waals surface area contributed by atoms with Crippen molar-refractivity contribution in [3.8, 4) is 0 Å². The van der Waals surface area contributed by atoms with Crippen LogP contribution in [0.1, 0.15) is 11.8 Å². The number of fused-ring (bicyclic) bond motifs is 1. The second-order valence-corrected chi connectivity index (χ2v) is 7.30. The average Bonchev–Trinajstić information content (AvgIpc) is 3.22. The van der Waals surface area contributed by atoms with Crippen LogP contribution < -0.4 is 11.2 Å². The van der Waals surface area contributed by atoms with Crippen molar-refractivity contribution in [2.75, 3.05) is 17.8 Å². The Kier molecular flexibility index (Phi) is 5.43. The molecule has 1 aliphatic heterocycles. The Balaban J connectivity index is 1.71. The quantitative estimate of drug-likeness (QED) is 0.263. The molecule has 0 unspecified atom stereocenters. The molecule has 0 radical (unpaired) electrons. The van der Waals surface area contributed by atoms with E-state index in [2.05, 4.69) is 41.4 Å². The zero-order valence-electron chi connectivity index (χ0n) is 14.9. The lowest BCUT2D eigenvalue weighted by molar-refractivity contribution is -0.0501. The van der Waals surface area contributed by atoms with E-state index >= 15 is 0 Å². The Hall–Kier alpha value is -2.64. The molecule has 1 fully saturated rings. The maximum absolute atomic E-state index is 10.4. The predicted octanol–water partition coefficient (Wildman–Crippen LogP) is 0.228. The SMILES string of the molecule is Nc1ncnc2c1nc(N/N=C\c1ccc(Br)cc1)n2[C@@H]1O[C@@H](CO)[C@@H](O)[C@H]1O. The Labute approximate surface area is 173 Å². The van der Waals surface area contributed by atoms with Crippen molar-refractivity contribution in [1.82, 2.24) is 19.5 Å². The number of hydrazone groups is 1. The number of imidazole rings is 1. The first-order valence-corrected chi connectivity index (χ1v) is 9.44. The van der Waals surface area contributed by atoms with Gasteiger partial charge in [0.2, 0.25) is 5.95 Å². The van der Waals surface area contributed by atoms with Gasteiger partial charge in [0, 0.05) is 4.47 Å². The fourth-order valence-electron chi connectivity index (χ4n) is 3.05. The first kappa shape index (κ1) is 19.7. The Morgan fingerprint density at radius 3 is 2.69 bits per heavy atom. The molecular weight excluding hydrogens is 446 g/mol. The third kappa shape index (κ3) is 3.68. The van der Waals surface area contributed by atoms with Crippen LogP contribution in [0.15, 0.2) is 40.2 Å². The highest BCUT2D eigenvalue weighted by Crippen LogP contribution is 2.35.